The Morgan fingerprint density at radius 2 is 0.709 bits per heavy atom. The summed E-state index contributed by atoms with van der Waals surface area (Å²) in [5.41, 5.74) is 40.6. The highest BCUT2D eigenvalue weighted by Gasteiger charge is 2.31. The van der Waals surface area contributed by atoms with Gasteiger partial charge in [0.25, 0.3) is 34.6 Å². The maximum atomic E-state index is 13.8. The fourth-order valence-corrected chi connectivity index (χ4v) is 15.7. The average Bonchev–Trinajstić information content (AvgIpc) is 1.61. The lowest BCUT2D eigenvalue weighted by molar-refractivity contribution is -0.384. The van der Waals surface area contributed by atoms with Crippen LogP contribution in [-0.4, -0.2) is 286 Å². The van der Waals surface area contributed by atoms with E-state index in [-0.39, 0.29) is 142 Å². The number of anilines is 5. The summed E-state index contributed by atoms with van der Waals surface area (Å²) >= 11 is 5.96. The molecule has 0 unspecified atom stereocenters. The summed E-state index contributed by atoms with van der Waals surface area (Å²) in [4.78, 5) is 157. The van der Waals surface area contributed by atoms with E-state index in [0.717, 1.165) is 103 Å². The number of carbonyl (C=O) groups excluding carboxylic acids is 8. The minimum Gasteiger partial charge on any atom is -0.494 e. The Hall–Kier alpha value is -16.5. The number of aromatic nitrogens is 8. The van der Waals surface area contributed by atoms with E-state index in [1.165, 1.54) is 57.7 Å². The largest absolute Gasteiger partial charge is 0.494 e. The van der Waals surface area contributed by atoms with E-state index >= 15 is 0 Å². The van der Waals surface area contributed by atoms with Gasteiger partial charge in [0, 0.05) is 169 Å². The first kappa shape index (κ1) is 115. The van der Waals surface area contributed by atoms with Crippen LogP contribution in [0.2, 0.25) is 5.02 Å². The maximum absolute atomic E-state index is 13.8. The molecule has 0 spiro atoms. The molecule has 3 fully saturated rings. The number of nitro groups is 4. The number of morpholine rings is 3. The number of benzene rings is 6. The molecule has 0 bridgehead atoms. The molecule has 3 aliphatic rings. The Balaban J connectivity index is 0.000000242. The van der Waals surface area contributed by atoms with Crippen LogP contribution >= 0.6 is 11.6 Å². The van der Waals surface area contributed by atoms with Crippen LogP contribution in [-0.2, 0) is 40.4 Å². The summed E-state index contributed by atoms with van der Waals surface area (Å²) in [6.07, 6.45) is 12.5. The number of nitrogens with zero attached hydrogens (tertiary/aromatic N) is 15. The van der Waals surface area contributed by atoms with Gasteiger partial charge in [-0.3, -0.25) is 114 Å². The number of rotatable bonds is 48. The minimum absolute atomic E-state index is 0. The van der Waals surface area contributed by atoms with Gasteiger partial charge in [0.15, 0.2) is 22.1 Å². The quantitative estimate of drug-likeness (QED) is 0.00741. The Morgan fingerprint density at radius 3 is 1.05 bits per heavy atom. The summed E-state index contributed by atoms with van der Waals surface area (Å²) in [5.74, 6) is -3.88. The van der Waals surface area contributed by atoms with Crippen LogP contribution in [0.25, 0.3) is 22.1 Å². The molecule has 19 N–H and O–H groups in total. The number of nitrogens with one attached hydrogen (secondary N) is 5. The number of fused-ring (bicyclic) bond motifs is 2. The van der Waals surface area contributed by atoms with Gasteiger partial charge in [-0.2, -0.15) is 10.2 Å². The van der Waals surface area contributed by atoms with Gasteiger partial charge in [-0.05, 0) is 108 Å². The van der Waals surface area contributed by atoms with Crippen molar-refractivity contribution in [1.29, 1.82) is 0 Å². The van der Waals surface area contributed by atoms with Crippen molar-refractivity contribution in [2.24, 2.45) is 40.1 Å². The molecule has 0 atom stereocenters. The van der Waals surface area contributed by atoms with Gasteiger partial charge in [-0.15, -0.1) is 0 Å². The molecule has 10 aromatic rings. The van der Waals surface area contributed by atoms with E-state index in [0.29, 0.717) is 135 Å². The molecule has 52 nitrogen and oxygen atoms in total. The van der Waals surface area contributed by atoms with Crippen molar-refractivity contribution in [1.82, 2.24) is 53.4 Å². The van der Waals surface area contributed by atoms with Crippen LogP contribution in [0, 0.1) is 54.3 Å². The van der Waals surface area contributed by atoms with Gasteiger partial charge in [0.1, 0.15) is 56.9 Å². The first-order valence-corrected chi connectivity index (χ1v) is 46.7. The topological polar surface area (TPSA) is 715 Å². The summed E-state index contributed by atoms with van der Waals surface area (Å²) in [7, 11) is 4.12. The minimum atomic E-state index is -0.840. The van der Waals surface area contributed by atoms with Crippen LogP contribution in [0.3, 0.4) is 0 Å². The van der Waals surface area contributed by atoms with Crippen LogP contribution < -0.4 is 95.1 Å². The lowest BCUT2D eigenvalue weighted by Crippen LogP contribution is -2.37. The number of aryl methyl sites for hydroxylation is 4. The zero-order chi connectivity index (χ0) is 107. The Morgan fingerprint density at radius 1 is 0.412 bits per heavy atom. The molecule has 0 aliphatic carbocycles. The van der Waals surface area contributed by atoms with Crippen molar-refractivity contribution in [2.45, 2.75) is 80.6 Å². The van der Waals surface area contributed by atoms with E-state index in [4.69, 9.17) is 104 Å². The second-order valence-electron chi connectivity index (χ2n) is 32.7. The molecule has 0 saturated carbocycles. The zero-order valence-corrected chi connectivity index (χ0v) is 82.6. The lowest BCUT2D eigenvalue weighted by atomic mass is 10.1. The number of methoxy groups -OCH3 is 3. The Bertz CT molecular complexity index is 6540. The van der Waals surface area contributed by atoms with Crippen molar-refractivity contribution < 1.29 is 101 Å². The number of ether oxygens (including phenoxy) is 9. The maximum Gasteiger partial charge on any atom is 0.296 e. The van der Waals surface area contributed by atoms with Gasteiger partial charge >= 0.3 is 0 Å². The number of hydrogen-bond donors (Lipinski definition) is 12. The molecule has 3 saturated heterocycles. The fraction of sp³-hybridized carbons (Fsp3) is 0.389. The predicted molar refractivity (Wildman–Crippen MR) is 550 cm³/mol. The Kier molecular flexibility index (Phi) is 43.6. The molecule has 6 aromatic carbocycles. The molecule has 7 heterocycles. The zero-order valence-electron chi connectivity index (χ0n) is 81.9. The van der Waals surface area contributed by atoms with Crippen molar-refractivity contribution in [3.8, 4) is 34.5 Å². The monoisotopic (exact) mass is 2080 g/mol. The molecular weight excluding hydrogens is 1950 g/mol. The molecule has 4 aromatic heterocycles. The highest BCUT2D eigenvalue weighted by molar-refractivity contribution is 6.34. The number of nitro benzene ring substituents is 4. The van der Waals surface area contributed by atoms with Gasteiger partial charge in [-0.25, -0.2) is 9.97 Å². The number of amides is 8. The van der Waals surface area contributed by atoms with Gasteiger partial charge in [0.2, 0.25) is 47.3 Å². The van der Waals surface area contributed by atoms with Crippen LogP contribution in [0.15, 0.2) is 121 Å². The van der Waals surface area contributed by atoms with E-state index in [1.807, 2.05) is 32.9 Å². The van der Waals surface area contributed by atoms with Gasteiger partial charge < -0.3 is 108 Å². The number of primary amides is 6. The molecule has 148 heavy (non-hydrogen) atoms. The van der Waals surface area contributed by atoms with Crippen LogP contribution in [0.4, 0.5) is 51.7 Å². The first-order chi connectivity index (χ1) is 70.5. The number of carbonyl (C=O) groups is 8. The van der Waals surface area contributed by atoms with Crippen LogP contribution in [0.1, 0.15) is 135 Å². The number of allylic oxidation sites excluding steroid dienone is 2. The summed E-state index contributed by atoms with van der Waals surface area (Å²) in [6.45, 7) is 22.2. The number of halogens is 1. The predicted octanol–water partition coefficient (Wildman–Crippen LogP) is 8.11. The molecule has 0 radical (unpaired) electrons. The van der Waals surface area contributed by atoms with Gasteiger partial charge in [-0.1, -0.05) is 55.5 Å². The van der Waals surface area contributed by atoms with Gasteiger partial charge in [0.05, 0.1) is 123 Å². The summed E-state index contributed by atoms with van der Waals surface area (Å²) in [5, 5.41) is 68.7. The van der Waals surface area contributed by atoms with E-state index < -0.39 is 78.3 Å². The summed E-state index contributed by atoms with van der Waals surface area (Å²) in [6, 6.07) is 19.2. The van der Waals surface area contributed by atoms with Crippen LogP contribution in [0.5, 0.6) is 34.5 Å². The Labute approximate surface area is 853 Å². The van der Waals surface area contributed by atoms with Crippen molar-refractivity contribution in [3.63, 3.8) is 0 Å². The standard InChI is InChI=1S/C42H51N13O7.C26H33N7O9.C14H18ClN3O5.C12H16N4O4.CH4/c1-6-54-31(19-25(3)49-54)39(58)47-41-45-29-21-27(37(43)56)23-33(60-5)35(29)52(41)12-8-9-13-53-36-30(46-42(53)48-40(59)32-20-26(4)50-55(32)7-2)22-28(38(44)57)24-34(36)62-16-10-11-51-14-17-61-18-15-51;1-40-21-15-17(25(27)34)13-19(32(36)37)23(21)29-5-2-3-6-30-24-20(33(38)39)14-18(26(28)35)16-22(24)42-10-4-7-31-8-11-41-12-9-31;15-13-11(18(20)21)8-10(14(16)19)9-12(13)23-5-1-2-17-3-6-22-7-4-17;1-20-10-7-8(12(14)17)6-9(16(18)19)11(10)15-5-3-2-4-13;/h8-9,19-24H,6-7,10-18H2,1-5H3,(H2,43,56)(H2,44,57)(H,45,47,58)(H,46,48,59);2-3,13-16,29-30H,4-12H2,1H3,(H2,27,34)(H2,28,35);8-9H,1-7H2,(H2,16,19);2-3,6-7,15H,4-5,13H2,1H3,(H2,14,17);1H4/b9-8+;3-2+;;3-2+;. The second kappa shape index (κ2) is 56.1. The number of hydrogen-bond acceptors (Lipinski definition) is 36. The third kappa shape index (κ3) is 31.5. The summed E-state index contributed by atoms with van der Waals surface area (Å²) < 4.78 is 56.5. The van der Waals surface area contributed by atoms with Crippen molar-refractivity contribution in [3.05, 3.63) is 223 Å². The fourth-order valence-electron chi connectivity index (χ4n) is 15.5. The second-order valence-corrected chi connectivity index (χ2v) is 33.0. The molecular formula is C95H122ClN27O25. The molecule has 53 heteroatoms. The molecule has 794 valence electrons. The normalized spacial score (nSPS) is 13.2. The molecule has 8 amide bonds. The average molecular weight is 2080 g/mol. The lowest BCUT2D eigenvalue weighted by Gasteiger charge is -2.26. The van der Waals surface area contributed by atoms with E-state index in [1.54, 1.807) is 74.0 Å². The smallest absolute Gasteiger partial charge is 0.296 e. The van der Waals surface area contributed by atoms with E-state index in [9.17, 15) is 78.8 Å². The highest BCUT2D eigenvalue weighted by Crippen LogP contribution is 2.41. The third-order valence-corrected chi connectivity index (χ3v) is 23.1. The third-order valence-electron chi connectivity index (χ3n) is 22.7. The van der Waals surface area contributed by atoms with Crippen molar-refractivity contribution >= 4 is 133 Å². The first-order valence-electron chi connectivity index (χ1n) is 46.3. The number of nitrogens with two attached hydrogens (primary N) is 7. The molecule has 13 rings (SSSR count). The number of imidazole rings is 2. The van der Waals surface area contributed by atoms with Crippen molar-refractivity contribution in [2.75, 3.05) is 192 Å². The highest BCUT2D eigenvalue weighted by atomic mass is 35.5. The van der Waals surface area contributed by atoms with E-state index in [2.05, 4.69) is 51.5 Å². The molecule has 3 aliphatic heterocycles. The SMILES string of the molecule is C.CCn1nc(C)cc1C(=O)Nc1nc2cc(C(N)=O)cc(OC)c2n1C/C=C/Cn1c(NC(=O)c2cc(C)nn2CC)nc2cc(C(N)=O)cc(OCCCN3CCOCC3)c21.COc1cc(C(N)=O)cc([N+](=O)[O-])c1NC/C=C/CN.COc1cc(C(N)=O)cc([N+](=O)[O-])c1NC/C=C/CNc1c(OCCCN2CCOCC2)cc(C(N)=O)cc1[N+](=O)[O-].NC(=O)c1cc(OCCCN2CCOCC2)c(Cl)c([N+](=O)[O-])c1.